The van der Waals surface area contributed by atoms with E-state index in [4.69, 9.17) is 4.74 Å². The molecule has 0 heterocycles. The van der Waals surface area contributed by atoms with Crippen LogP contribution in [-0.2, 0) is 9.53 Å². The van der Waals surface area contributed by atoms with Crippen LogP contribution in [0.1, 0.15) is 42.5 Å². The first-order valence-corrected chi connectivity index (χ1v) is 8.26. The summed E-state index contributed by atoms with van der Waals surface area (Å²) in [5.74, 6) is -0.777. The summed E-state index contributed by atoms with van der Waals surface area (Å²) in [7, 11) is 0. The predicted molar refractivity (Wildman–Crippen MR) is 81.0 cm³/mol. The Bertz CT molecular complexity index is 481. The molecule has 0 aliphatic heterocycles. The molecule has 1 aromatic carbocycles. The van der Waals surface area contributed by atoms with E-state index in [-0.39, 0.29) is 18.4 Å². The van der Waals surface area contributed by atoms with Crippen LogP contribution in [0.2, 0.25) is 0 Å². The minimum Gasteiger partial charge on any atom is -0.457 e. The zero-order chi connectivity index (χ0) is 15.1. The van der Waals surface area contributed by atoms with Crippen LogP contribution < -0.4 is 0 Å². The van der Waals surface area contributed by atoms with Crippen molar-refractivity contribution < 1.29 is 18.7 Å². The molecule has 0 aromatic heterocycles. The molecular weight excluding hydrogens is 291 g/mol. The first-order valence-electron chi connectivity index (χ1n) is 7.21. The number of carbonyl (C=O) groups is 2. The average molecular weight is 310 g/mol. The number of benzene rings is 1. The number of ether oxygens (including phenoxy) is 1. The Morgan fingerprint density at radius 2 is 1.81 bits per heavy atom. The van der Waals surface area contributed by atoms with Crippen molar-refractivity contribution in [2.24, 2.45) is 0 Å². The first-order chi connectivity index (χ1) is 10.1. The number of ketones is 1. The zero-order valence-corrected chi connectivity index (χ0v) is 12.7. The molecule has 5 heteroatoms. The molecule has 114 valence electrons. The van der Waals surface area contributed by atoms with Crippen LogP contribution in [0.15, 0.2) is 24.3 Å². The van der Waals surface area contributed by atoms with Crippen LogP contribution >= 0.6 is 11.8 Å². The van der Waals surface area contributed by atoms with Crippen LogP contribution in [0, 0.1) is 5.82 Å². The van der Waals surface area contributed by atoms with Gasteiger partial charge in [-0.15, -0.1) is 11.8 Å². The molecule has 0 spiro atoms. The third-order valence-corrected chi connectivity index (χ3v) is 4.86. The van der Waals surface area contributed by atoms with Crippen molar-refractivity contribution in [1.29, 1.82) is 0 Å². The molecule has 21 heavy (non-hydrogen) atoms. The second-order valence-electron chi connectivity index (χ2n) is 5.16. The zero-order valence-electron chi connectivity index (χ0n) is 11.8. The van der Waals surface area contributed by atoms with Crippen LogP contribution in [-0.4, -0.2) is 29.4 Å². The van der Waals surface area contributed by atoms with E-state index in [9.17, 15) is 14.0 Å². The topological polar surface area (TPSA) is 43.4 Å². The lowest BCUT2D eigenvalue weighted by molar-refractivity contribution is -0.139. The van der Waals surface area contributed by atoms with Crippen molar-refractivity contribution in [2.45, 2.75) is 37.4 Å². The maximum Gasteiger partial charge on any atom is 0.316 e. The van der Waals surface area contributed by atoms with E-state index in [0.29, 0.717) is 16.6 Å². The summed E-state index contributed by atoms with van der Waals surface area (Å²) in [5.41, 5.74) is 0.351. The van der Waals surface area contributed by atoms with E-state index in [2.05, 4.69) is 0 Å². The molecule has 0 unspecified atom stereocenters. The fourth-order valence-corrected chi connectivity index (χ4v) is 3.45. The molecular formula is C16H19FO3S. The summed E-state index contributed by atoms with van der Waals surface area (Å²) in [5, 5.41) is 0.541. The fraction of sp³-hybridized carbons (Fsp3) is 0.500. The molecule has 0 N–H and O–H groups in total. The number of esters is 1. The van der Waals surface area contributed by atoms with Crippen molar-refractivity contribution in [3.63, 3.8) is 0 Å². The molecule has 1 fully saturated rings. The molecule has 0 radical (unpaired) electrons. The standard InChI is InChI=1S/C16H19FO3S/c17-13-8-6-12(7-9-13)15(18)10-20-16(19)11-21-14-4-2-1-3-5-14/h6-9,14H,1-5,10-11H2. The monoisotopic (exact) mass is 310 g/mol. The minimum absolute atomic E-state index is 0.282. The second kappa shape index (κ2) is 8.17. The minimum atomic E-state index is -0.396. The summed E-state index contributed by atoms with van der Waals surface area (Å²) in [4.78, 5) is 23.4. The highest BCUT2D eigenvalue weighted by Crippen LogP contribution is 2.28. The van der Waals surface area contributed by atoms with Crippen LogP contribution in [0.25, 0.3) is 0 Å². The van der Waals surface area contributed by atoms with E-state index in [1.807, 2.05) is 0 Å². The lowest BCUT2D eigenvalue weighted by atomic mass is 10.0. The third kappa shape index (κ3) is 5.50. The summed E-state index contributed by atoms with van der Waals surface area (Å²) in [6, 6.07) is 5.21. The number of Topliss-reactive ketones (excluding diaryl/α,β-unsaturated/α-hetero) is 1. The molecule has 0 saturated heterocycles. The average Bonchev–Trinajstić information content (AvgIpc) is 2.52. The molecule has 3 nitrogen and oxygen atoms in total. The lowest BCUT2D eigenvalue weighted by Gasteiger charge is -2.20. The van der Waals surface area contributed by atoms with Gasteiger partial charge in [0.2, 0.25) is 0 Å². The summed E-state index contributed by atoms with van der Waals surface area (Å²) in [6.07, 6.45) is 6.07. The van der Waals surface area contributed by atoms with Gasteiger partial charge in [0, 0.05) is 10.8 Å². The van der Waals surface area contributed by atoms with Gasteiger partial charge in [0.15, 0.2) is 12.4 Å². The highest BCUT2D eigenvalue weighted by atomic mass is 32.2. The first kappa shape index (κ1) is 16.0. The van der Waals surface area contributed by atoms with Gasteiger partial charge in [0.25, 0.3) is 0 Å². The fourth-order valence-electron chi connectivity index (χ4n) is 2.32. The number of halogens is 1. The van der Waals surface area contributed by atoms with Gasteiger partial charge in [-0.1, -0.05) is 19.3 Å². The highest BCUT2D eigenvalue weighted by molar-refractivity contribution is 8.00. The van der Waals surface area contributed by atoms with Crippen molar-refractivity contribution in [3.8, 4) is 0 Å². The molecule has 0 bridgehead atoms. The van der Waals surface area contributed by atoms with E-state index < -0.39 is 5.82 Å². The summed E-state index contributed by atoms with van der Waals surface area (Å²) in [6.45, 7) is -0.282. The SMILES string of the molecule is O=C(CSC1CCCCC1)OCC(=O)c1ccc(F)cc1. The third-order valence-electron chi connectivity index (χ3n) is 3.52. The molecule has 1 saturated carbocycles. The number of hydrogen-bond donors (Lipinski definition) is 0. The predicted octanol–water partition coefficient (Wildman–Crippen LogP) is 3.62. The summed E-state index contributed by atoms with van der Waals surface area (Å²) >= 11 is 1.62. The van der Waals surface area contributed by atoms with Crippen molar-refractivity contribution in [3.05, 3.63) is 35.6 Å². The van der Waals surface area contributed by atoms with Crippen molar-refractivity contribution in [1.82, 2.24) is 0 Å². The van der Waals surface area contributed by atoms with Gasteiger partial charge < -0.3 is 4.74 Å². The second-order valence-corrected chi connectivity index (χ2v) is 6.45. The van der Waals surface area contributed by atoms with E-state index in [1.165, 1.54) is 43.5 Å². The molecule has 0 amide bonds. The van der Waals surface area contributed by atoms with E-state index >= 15 is 0 Å². The smallest absolute Gasteiger partial charge is 0.316 e. The molecule has 0 atom stereocenters. The maximum absolute atomic E-state index is 12.7. The molecule has 1 aromatic rings. The van der Waals surface area contributed by atoms with Gasteiger partial charge in [-0.25, -0.2) is 4.39 Å². The van der Waals surface area contributed by atoms with Gasteiger partial charge in [0.05, 0.1) is 5.75 Å². The Hall–Kier alpha value is -1.36. The van der Waals surface area contributed by atoms with Crippen LogP contribution in [0.3, 0.4) is 0 Å². The Morgan fingerprint density at radius 3 is 2.48 bits per heavy atom. The lowest BCUT2D eigenvalue weighted by Crippen LogP contribution is -2.17. The Labute approximate surface area is 128 Å². The quantitative estimate of drug-likeness (QED) is 0.594. The van der Waals surface area contributed by atoms with Gasteiger partial charge in [-0.2, -0.15) is 0 Å². The molecule has 1 aliphatic carbocycles. The Kier molecular flexibility index (Phi) is 6.23. The number of rotatable bonds is 6. The molecule has 1 aliphatic rings. The normalized spacial score (nSPS) is 15.7. The maximum atomic E-state index is 12.7. The molecule has 2 rings (SSSR count). The van der Waals surface area contributed by atoms with Crippen molar-refractivity contribution in [2.75, 3.05) is 12.4 Å². The Morgan fingerprint density at radius 1 is 1.14 bits per heavy atom. The Balaban J connectivity index is 1.68. The number of thioether (sulfide) groups is 1. The van der Waals surface area contributed by atoms with Crippen molar-refractivity contribution >= 4 is 23.5 Å². The number of carbonyl (C=O) groups excluding carboxylic acids is 2. The van der Waals surface area contributed by atoms with E-state index in [0.717, 1.165) is 12.8 Å². The van der Waals surface area contributed by atoms with E-state index in [1.54, 1.807) is 11.8 Å². The van der Waals surface area contributed by atoms with Gasteiger partial charge >= 0.3 is 5.97 Å². The van der Waals surface area contributed by atoms with Crippen LogP contribution in [0.5, 0.6) is 0 Å². The van der Waals surface area contributed by atoms with Gasteiger partial charge in [-0.3, -0.25) is 9.59 Å². The number of hydrogen-bond acceptors (Lipinski definition) is 4. The highest BCUT2D eigenvalue weighted by Gasteiger charge is 2.16. The van der Waals surface area contributed by atoms with Gasteiger partial charge in [-0.05, 0) is 37.1 Å². The summed E-state index contributed by atoms with van der Waals surface area (Å²) < 4.78 is 17.7. The van der Waals surface area contributed by atoms with Gasteiger partial charge in [0.1, 0.15) is 5.82 Å². The largest absolute Gasteiger partial charge is 0.457 e. The van der Waals surface area contributed by atoms with Crippen LogP contribution in [0.4, 0.5) is 4.39 Å².